The molecule has 0 aromatic carbocycles. The van der Waals surface area contributed by atoms with Gasteiger partial charge >= 0.3 is 0 Å². The summed E-state index contributed by atoms with van der Waals surface area (Å²) in [6.07, 6.45) is 3.28. The molecule has 0 amide bonds. The van der Waals surface area contributed by atoms with E-state index in [9.17, 15) is 0 Å². The predicted octanol–water partition coefficient (Wildman–Crippen LogP) is 3.27. The topological polar surface area (TPSA) is 74.5 Å². The molecule has 0 fully saturated rings. The summed E-state index contributed by atoms with van der Waals surface area (Å²) in [6, 6.07) is 3.92. The summed E-state index contributed by atoms with van der Waals surface area (Å²) >= 11 is 0. The lowest BCUT2D eigenvalue weighted by Gasteiger charge is -2.15. The smallest absolute Gasteiger partial charge is 0.133 e. The average molecular weight is 281 g/mol. The summed E-state index contributed by atoms with van der Waals surface area (Å²) in [5.41, 5.74) is 3.17. The zero-order valence-corrected chi connectivity index (χ0v) is 12.8. The van der Waals surface area contributed by atoms with Crippen molar-refractivity contribution in [2.24, 2.45) is 0 Å². The van der Waals surface area contributed by atoms with Crippen LogP contribution in [0.3, 0.4) is 0 Å². The molecule has 0 atom stereocenters. The Kier molecular flexibility index (Phi) is 4.49. The van der Waals surface area contributed by atoms with Crippen LogP contribution in [-0.2, 0) is 0 Å². The molecule has 0 aliphatic heterocycles. The van der Waals surface area contributed by atoms with Crippen molar-refractivity contribution in [3.8, 4) is 17.3 Å². The van der Waals surface area contributed by atoms with Gasteiger partial charge in [-0.1, -0.05) is 13.8 Å². The number of anilines is 1. The molecule has 2 rings (SSSR count). The summed E-state index contributed by atoms with van der Waals surface area (Å²) < 4.78 is 0. The molecule has 21 heavy (non-hydrogen) atoms. The molecule has 2 aromatic rings. The van der Waals surface area contributed by atoms with Gasteiger partial charge < -0.3 is 5.32 Å². The van der Waals surface area contributed by atoms with Gasteiger partial charge in [-0.15, -0.1) is 0 Å². The van der Waals surface area contributed by atoms with Crippen molar-refractivity contribution in [3.05, 3.63) is 35.4 Å². The quantitative estimate of drug-likeness (QED) is 0.930. The van der Waals surface area contributed by atoms with Crippen LogP contribution in [-0.4, -0.2) is 21.5 Å². The first-order chi connectivity index (χ1) is 10.1. The molecule has 0 aliphatic carbocycles. The van der Waals surface area contributed by atoms with Gasteiger partial charge in [-0.05, 0) is 19.9 Å². The Balaban J connectivity index is 2.63. The molecule has 1 N–H and O–H groups in total. The Bertz CT molecular complexity index is 686. The van der Waals surface area contributed by atoms with Crippen LogP contribution in [0, 0.1) is 18.3 Å². The van der Waals surface area contributed by atoms with Gasteiger partial charge in [0.05, 0.1) is 11.3 Å². The third kappa shape index (κ3) is 3.16. The zero-order chi connectivity index (χ0) is 15.4. The number of hydrogen-bond acceptors (Lipinski definition) is 5. The molecule has 5 heteroatoms. The van der Waals surface area contributed by atoms with E-state index in [-0.39, 0.29) is 5.92 Å². The lowest BCUT2D eigenvalue weighted by Crippen LogP contribution is -2.09. The fourth-order valence-electron chi connectivity index (χ4n) is 2.04. The normalized spacial score (nSPS) is 10.5. The van der Waals surface area contributed by atoms with Gasteiger partial charge in [0.1, 0.15) is 17.7 Å². The number of nitrogens with one attached hydrogen (secondary N) is 1. The van der Waals surface area contributed by atoms with Gasteiger partial charge in [-0.2, -0.15) is 5.26 Å². The highest BCUT2D eigenvalue weighted by atomic mass is 15.0. The third-order valence-electron chi connectivity index (χ3n) is 3.16. The van der Waals surface area contributed by atoms with Crippen LogP contribution < -0.4 is 5.32 Å². The van der Waals surface area contributed by atoms with Crippen LogP contribution in [0.15, 0.2) is 18.5 Å². The molecule has 0 saturated carbocycles. The van der Waals surface area contributed by atoms with Crippen molar-refractivity contribution < 1.29 is 0 Å². The number of hydrogen-bond donors (Lipinski definition) is 1. The van der Waals surface area contributed by atoms with Crippen molar-refractivity contribution in [3.63, 3.8) is 0 Å². The Morgan fingerprint density at radius 1 is 1.29 bits per heavy atom. The zero-order valence-electron chi connectivity index (χ0n) is 12.8. The summed E-state index contributed by atoms with van der Waals surface area (Å²) in [7, 11) is 0. The van der Waals surface area contributed by atoms with E-state index >= 15 is 0 Å². The van der Waals surface area contributed by atoms with E-state index in [1.165, 1.54) is 0 Å². The van der Waals surface area contributed by atoms with Crippen LogP contribution in [0.1, 0.15) is 43.6 Å². The molecule has 0 saturated heterocycles. The van der Waals surface area contributed by atoms with Crippen LogP contribution >= 0.6 is 0 Å². The molecule has 0 radical (unpaired) electrons. The van der Waals surface area contributed by atoms with Crippen molar-refractivity contribution in [2.45, 2.75) is 33.6 Å². The van der Waals surface area contributed by atoms with Gasteiger partial charge in [-0.3, -0.25) is 4.98 Å². The highest BCUT2D eigenvalue weighted by Gasteiger charge is 2.14. The summed E-state index contributed by atoms with van der Waals surface area (Å²) in [5, 5.41) is 12.3. The van der Waals surface area contributed by atoms with Crippen molar-refractivity contribution in [2.75, 3.05) is 11.9 Å². The van der Waals surface area contributed by atoms with Crippen molar-refractivity contribution >= 4 is 5.82 Å². The van der Waals surface area contributed by atoms with Gasteiger partial charge in [0.2, 0.25) is 0 Å². The molecular formula is C16H19N5. The van der Waals surface area contributed by atoms with Crippen LogP contribution in [0.5, 0.6) is 0 Å². The lowest BCUT2D eigenvalue weighted by atomic mass is 10.1. The first-order valence-electron chi connectivity index (χ1n) is 7.04. The second-order valence-corrected chi connectivity index (χ2v) is 5.16. The number of pyridine rings is 1. The molecule has 2 heterocycles. The van der Waals surface area contributed by atoms with E-state index in [1.54, 1.807) is 12.4 Å². The summed E-state index contributed by atoms with van der Waals surface area (Å²) in [6.45, 7) is 8.94. The van der Waals surface area contributed by atoms with E-state index in [2.05, 4.69) is 40.2 Å². The van der Waals surface area contributed by atoms with Gasteiger partial charge in [0.15, 0.2) is 0 Å². The summed E-state index contributed by atoms with van der Waals surface area (Å²) in [5.74, 6) is 1.86. The first kappa shape index (κ1) is 14.9. The van der Waals surface area contributed by atoms with Crippen LogP contribution in [0.2, 0.25) is 0 Å². The number of nitriles is 1. The molecule has 5 nitrogen and oxygen atoms in total. The number of nitrogens with zero attached hydrogens (tertiary/aromatic N) is 4. The largest absolute Gasteiger partial charge is 0.370 e. The minimum atomic E-state index is 0.230. The first-order valence-corrected chi connectivity index (χ1v) is 7.04. The van der Waals surface area contributed by atoms with E-state index in [0.717, 1.165) is 35.0 Å². The minimum absolute atomic E-state index is 0.230. The number of aromatic nitrogens is 3. The molecule has 108 valence electrons. The Morgan fingerprint density at radius 3 is 2.67 bits per heavy atom. The predicted molar refractivity (Wildman–Crippen MR) is 83.0 cm³/mol. The van der Waals surface area contributed by atoms with Crippen molar-refractivity contribution in [1.29, 1.82) is 5.26 Å². The highest BCUT2D eigenvalue weighted by molar-refractivity contribution is 5.68. The monoisotopic (exact) mass is 281 g/mol. The van der Waals surface area contributed by atoms with Crippen LogP contribution in [0.25, 0.3) is 11.3 Å². The van der Waals surface area contributed by atoms with Crippen molar-refractivity contribution in [1.82, 2.24) is 15.0 Å². The van der Waals surface area contributed by atoms with Gasteiger partial charge in [-0.25, -0.2) is 9.97 Å². The molecule has 0 bridgehead atoms. The lowest BCUT2D eigenvalue weighted by molar-refractivity contribution is 0.774. The Labute approximate surface area is 125 Å². The van der Waals surface area contributed by atoms with E-state index < -0.39 is 0 Å². The fraction of sp³-hybridized carbons (Fsp3) is 0.375. The number of rotatable bonds is 4. The van der Waals surface area contributed by atoms with Crippen LogP contribution in [0.4, 0.5) is 5.82 Å². The molecule has 0 unspecified atom stereocenters. The maximum Gasteiger partial charge on any atom is 0.133 e. The standard InChI is InChI=1S/C16H19N5/c1-5-19-16-11(4)14(20-15(21-16)10(2)3)13-6-12(7-17)8-18-9-13/h6,8-10H,5H2,1-4H3,(H,19,20,21). The van der Waals surface area contributed by atoms with E-state index in [4.69, 9.17) is 5.26 Å². The maximum atomic E-state index is 9.02. The summed E-state index contributed by atoms with van der Waals surface area (Å²) in [4.78, 5) is 13.4. The van der Waals surface area contributed by atoms with E-state index in [0.29, 0.717) is 5.56 Å². The average Bonchev–Trinajstić information content (AvgIpc) is 2.49. The van der Waals surface area contributed by atoms with Gasteiger partial charge in [0.25, 0.3) is 0 Å². The van der Waals surface area contributed by atoms with E-state index in [1.807, 2.05) is 19.9 Å². The molecule has 2 aromatic heterocycles. The highest BCUT2D eigenvalue weighted by Crippen LogP contribution is 2.27. The minimum Gasteiger partial charge on any atom is -0.370 e. The molecule has 0 spiro atoms. The Hall–Kier alpha value is -2.48. The van der Waals surface area contributed by atoms with Gasteiger partial charge in [0, 0.05) is 36.0 Å². The Morgan fingerprint density at radius 2 is 2.05 bits per heavy atom. The third-order valence-corrected chi connectivity index (χ3v) is 3.16. The molecule has 0 aliphatic rings. The molecular weight excluding hydrogens is 262 g/mol. The second kappa shape index (κ2) is 6.31. The second-order valence-electron chi connectivity index (χ2n) is 5.16. The maximum absolute atomic E-state index is 9.02. The fourth-order valence-corrected chi connectivity index (χ4v) is 2.04. The SMILES string of the molecule is CCNc1nc(C(C)C)nc(-c2cncc(C#N)c2)c1C.